The van der Waals surface area contributed by atoms with Gasteiger partial charge >= 0.3 is 0 Å². The Morgan fingerprint density at radius 3 is 2.54 bits per heavy atom. The van der Waals surface area contributed by atoms with Crippen LogP contribution in [0.3, 0.4) is 0 Å². The van der Waals surface area contributed by atoms with E-state index in [0.717, 1.165) is 35.3 Å². The van der Waals surface area contributed by atoms with Crippen molar-refractivity contribution in [1.82, 2.24) is 4.90 Å². The fraction of sp³-hybridized carbons (Fsp3) is 0.350. The molecule has 1 heterocycles. The van der Waals surface area contributed by atoms with Gasteiger partial charge in [0.15, 0.2) is 0 Å². The van der Waals surface area contributed by atoms with Gasteiger partial charge in [-0.25, -0.2) is 4.39 Å². The molecule has 0 unspecified atom stereocenters. The lowest BCUT2D eigenvalue weighted by Gasteiger charge is -2.26. The fourth-order valence-corrected chi connectivity index (χ4v) is 3.17. The summed E-state index contributed by atoms with van der Waals surface area (Å²) in [4.78, 5) is 14.5. The molecular weight excluding hydrogens is 305 g/mol. The van der Waals surface area contributed by atoms with Gasteiger partial charge in [-0.1, -0.05) is 18.2 Å². The zero-order valence-electron chi connectivity index (χ0n) is 13.7. The summed E-state index contributed by atoms with van der Waals surface area (Å²) >= 11 is 0. The lowest BCUT2D eigenvalue weighted by atomic mass is 10.0. The lowest BCUT2D eigenvalue weighted by molar-refractivity contribution is -0.135. The van der Waals surface area contributed by atoms with E-state index in [-0.39, 0.29) is 23.7 Å². The van der Waals surface area contributed by atoms with Crippen LogP contribution in [-0.2, 0) is 11.3 Å². The number of amides is 1. The van der Waals surface area contributed by atoms with Gasteiger partial charge in [0.25, 0.3) is 0 Å². The first-order valence-electron chi connectivity index (χ1n) is 8.44. The van der Waals surface area contributed by atoms with E-state index in [9.17, 15) is 9.18 Å². The Kier molecular flexibility index (Phi) is 3.75. The molecule has 1 fully saturated rings. The largest absolute Gasteiger partial charge is 0.491 e. The zero-order valence-corrected chi connectivity index (χ0v) is 13.7. The molecular formula is C20H20FNO2. The number of halogens is 1. The minimum atomic E-state index is -0.244. The number of carbonyl (C=O) groups is 1. The Labute approximate surface area is 141 Å². The molecule has 4 rings (SSSR count). The third-order valence-corrected chi connectivity index (χ3v) is 4.80. The van der Waals surface area contributed by atoms with Crippen LogP contribution in [0.4, 0.5) is 4.39 Å². The van der Waals surface area contributed by atoms with Crippen LogP contribution in [0.1, 0.15) is 25.3 Å². The van der Waals surface area contributed by atoms with Crippen LogP contribution in [0.5, 0.6) is 5.75 Å². The highest BCUT2D eigenvalue weighted by molar-refractivity contribution is 5.81. The van der Waals surface area contributed by atoms with Crippen molar-refractivity contribution in [3.63, 3.8) is 0 Å². The van der Waals surface area contributed by atoms with E-state index in [1.54, 1.807) is 12.1 Å². The highest BCUT2D eigenvalue weighted by atomic mass is 19.1. The number of benzene rings is 2. The Balaban J connectivity index is 1.66. The second-order valence-electron chi connectivity index (χ2n) is 6.73. The van der Waals surface area contributed by atoms with E-state index in [1.165, 1.54) is 12.1 Å². The number of hydrogen-bond donors (Lipinski definition) is 0. The van der Waals surface area contributed by atoms with Gasteiger partial charge in [0.05, 0.1) is 6.04 Å². The maximum atomic E-state index is 13.1. The van der Waals surface area contributed by atoms with Gasteiger partial charge in [0.1, 0.15) is 18.2 Å². The van der Waals surface area contributed by atoms with Crippen LogP contribution in [-0.4, -0.2) is 23.5 Å². The normalized spacial score (nSPS) is 20.1. The van der Waals surface area contributed by atoms with Crippen LogP contribution in [0, 0.1) is 11.7 Å². The van der Waals surface area contributed by atoms with Gasteiger partial charge in [0, 0.05) is 18.0 Å². The van der Waals surface area contributed by atoms with Gasteiger partial charge in [0.2, 0.25) is 5.91 Å². The highest BCUT2D eigenvalue weighted by Gasteiger charge is 2.36. The summed E-state index contributed by atoms with van der Waals surface area (Å²) in [6.07, 6.45) is 2.01. The average Bonchev–Trinajstić information content (AvgIpc) is 3.43. The molecule has 1 atom stereocenters. The number of nitrogens with zero attached hydrogens (tertiary/aromatic N) is 1. The lowest BCUT2D eigenvalue weighted by Crippen LogP contribution is -2.40. The Hall–Kier alpha value is -2.36. The van der Waals surface area contributed by atoms with Crippen LogP contribution >= 0.6 is 0 Å². The van der Waals surface area contributed by atoms with Crippen LogP contribution in [0.2, 0.25) is 0 Å². The summed E-state index contributed by atoms with van der Waals surface area (Å²) in [5, 5.41) is 0. The summed E-state index contributed by atoms with van der Waals surface area (Å²) < 4.78 is 19.0. The molecule has 2 aliphatic rings. The molecule has 24 heavy (non-hydrogen) atoms. The van der Waals surface area contributed by atoms with Crippen LogP contribution < -0.4 is 4.74 Å². The highest BCUT2D eigenvalue weighted by Crippen LogP contribution is 2.35. The third-order valence-electron chi connectivity index (χ3n) is 4.80. The van der Waals surface area contributed by atoms with Crippen molar-refractivity contribution in [3.8, 4) is 16.9 Å². The summed E-state index contributed by atoms with van der Waals surface area (Å²) in [5.41, 5.74) is 2.97. The first-order valence-corrected chi connectivity index (χ1v) is 8.44. The zero-order chi connectivity index (χ0) is 16.7. The van der Waals surface area contributed by atoms with Crippen LogP contribution in [0.15, 0.2) is 42.5 Å². The first-order chi connectivity index (χ1) is 11.6. The van der Waals surface area contributed by atoms with E-state index in [2.05, 4.69) is 0 Å². The van der Waals surface area contributed by atoms with Crippen molar-refractivity contribution in [2.24, 2.45) is 5.92 Å². The fourth-order valence-electron chi connectivity index (χ4n) is 3.17. The number of fused-ring (bicyclic) bond motifs is 1. The number of carbonyl (C=O) groups excluding carboxylic acids is 1. The minimum Gasteiger partial charge on any atom is -0.491 e. The van der Waals surface area contributed by atoms with Gasteiger partial charge < -0.3 is 9.64 Å². The molecule has 1 saturated carbocycles. The van der Waals surface area contributed by atoms with Crippen molar-refractivity contribution in [2.45, 2.75) is 32.4 Å². The van der Waals surface area contributed by atoms with Crippen LogP contribution in [0.25, 0.3) is 11.1 Å². The van der Waals surface area contributed by atoms with E-state index in [0.29, 0.717) is 13.2 Å². The van der Waals surface area contributed by atoms with E-state index in [4.69, 9.17) is 4.74 Å². The maximum absolute atomic E-state index is 13.1. The number of hydrogen-bond acceptors (Lipinski definition) is 2. The molecule has 0 saturated heterocycles. The average molecular weight is 325 g/mol. The summed E-state index contributed by atoms with van der Waals surface area (Å²) in [5.74, 6) is 1.03. The van der Waals surface area contributed by atoms with E-state index < -0.39 is 0 Å². The van der Waals surface area contributed by atoms with E-state index >= 15 is 0 Å². The van der Waals surface area contributed by atoms with Crippen molar-refractivity contribution in [1.29, 1.82) is 0 Å². The molecule has 0 N–H and O–H groups in total. The SMILES string of the molecule is C[C@H]1COc2ccc(-c3ccc(F)cc3)cc2CN1C(=O)C1CC1. The second-order valence-corrected chi connectivity index (χ2v) is 6.73. The molecule has 1 amide bonds. The Bertz CT molecular complexity index is 768. The van der Waals surface area contributed by atoms with Gasteiger partial charge in [-0.3, -0.25) is 4.79 Å². The third kappa shape index (κ3) is 2.88. The first kappa shape index (κ1) is 15.2. The van der Waals surface area contributed by atoms with Crippen molar-refractivity contribution in [3.05, 3.63) is 53.8 Å². The second kappa shape index (κ2) is 5.93. The number of ether oxygens (including phenoxy) is 1. The maximum Gasteiger partial charge on any atom is 0.226 e. The molecule has 2 aromatic carbocycles. The summed E-state index contributed by atoms with van der Waals surface area (Å²) in [7, 11) is 0. The molecule has 124 valence electrons. The molecule has 0 spiro atoms. The molecule has 0 aromatic heterocycles. The predicted octanol–water partition coefficient (Wildman–Crippen LogP) is 4.01. The van der Waals surface area contributed by atoms with Gasteiger partial charge in [-0.05, 0) is 55.2 Å². The Morgan fingerprint density at radius 1 is 1.12 bits per heavy atom. The standard InChI is InChI=1S/C20H20FNO2/c1-13-12-24-19-9-6-16(14-4-7-18(21)8-5-14)10-17(19)11-22(13)20(23)15-2-3-15/h4-10,13,15H,2-3,11-12H2,1H3/t13-/m0/s1. The molecule has 4 heteroatoms. The summed E-state index contributed by atoms with van der Waals surface area (Å²) in [6.45, 7) is 3.12. The van der Waals surface area contributed by atoms with Crippen molar-refractivity contribution < 1.29 is 13.9 Å². The Morgan fingerprint density at radius 2 is 1.83 bits per heavy atom. The minimum absolute atomic E-state index is 0.0692. The molecule has 3 nitrogen and oxygen atoms in total. The summed E-state index contributed by atoms with van der Waals surface area (Å²) in [6, 6.07) is 12.5. The molecule has 0 bridgehead atoms. The molecule has 1 aliphatic carbocycles. The van der Waals surface area contributed by atoms with Gasteiger partial charge in [-0.15, -0.1) is 0 Å². The molecule has 2 aromatic rings. The number of rotatable bonds is 2. The quantitative estimate of drug-likeness (QED) is 0.835. The molecule has 1 aliphatic heterocycles. The van der Waals surface area contributed by atoms with Crippen molar-refractivity contribution >= 4 is 5.91 Å². The smallest absolute Gasteiger partial charge is 0.226 e. The molecule has 0 radical (unpaired) electrons. The topological polar surface area (TPSA) is 29.5 Å². The predicted molar refractivity (Wildman–Crippen MR) is 90.1 cm³/mol. The van der Waals surface area contributed by atoms with Gasteiger partial charge in [-0.2, -0.15) is 0 Å². The van der Waals surface area contributed by atoms with E-state index in [1.807, 2.05) is 30.0 Å². The monoisotopic (exact) mass is 325 g/mol. The van der Waals surface area contributed by atoms with Crippen molar-refractivity contribution in [2.75, 3.05) is 6.61 Å².